The van der Waals surface area contributed by atoms with E-state index in [1.54, 1.807) is 0 Å². The maximum Gasteiger partial charge on any atom is 0.0918 e. The molecule has 2 aliphatic carbocycles. The molecule has 0 aromatic heterocycles. The fraction of sp³-hybridized carbons (Fsp3) is 0.193. The summed E-state index contributed by atoms with van der Waals surface area (Å²) in [6.07, 6.45) is 17.2. The van der Waals surface area contributed by atoms with Gasteiger partial charge in [0.1, 0.15) is 0 Å². The Bertz CT molecular complexity index is 2610. The first kappa shape index (κ1) is 38.2. The molecule has 59 heavy (non-hydrogen) atoms. The second kappa shape index (κ2) is 17.6. The van der Waals surface area contributed by atoms with Crippen molar-refractivity contribution in [1.82, 2.24) is 0 Å². The second-order valence-corrected chi connectivity index (χ2v) is 16.4. The molecular formula is C57H53NO. The number of rotatable bonds is 12. The number of benzene rings is 7. The first-order valence-electron chi connectivity index (χ1n) is 21.4. The Hall–Kier alpha value is -6.38. The van der Waals surface area contributed by atoms with E-state index in [-0.39, 0.29) is 0 Å². The fourth-order valence-electron chi connectivity index (χ4n) is 9.18. The van der Waals surface area contributed by atoms with Crippen molar-refractivity contribution < 1.29 is 4.74 Å². The molecule has 0 aliphatic heterocycles. The fourth-order valence-corrected chi connectivity index (χ4v) is 9.18. The highest BCUT2D eigenvalue weighted by Crippen LogP contribution is 2.39. The van der Waals surface area contributed by atoms with Crippen molar-refractivity contribution in [2.75, 3.05) is 12.0 Å². The summed E-state index contributed by atoms with van der Waals surface area (Å²) in [5, 5.41) is 2.48. The van der Waals surface area contributed by atoms with Gasteiger partial charge in [0.25, 0.3) is 0 Å². The number of fused-ring (bicyclic) bond motifs is 1. The molecule has 0 N–H and O–H groups in total. The zero-order chi connectivity index (χ0) is 40.0. The molecule has 7 aromatic rings. The van der Waals surface area contributed by atoms with Crippen LogP contribution in [0.25, 0.3) is 38.6 Å². The van der Waals surface area contributed by atoms with Gasteiger partial charge in [-0.1, -0.05) is 140 Å². The summed E-state index contributed by atoms with van der Waals surface area (Å²) in [5.41, 5.74) is 15.1. The summed E-state index contributed by atoms with van der Waals surface area (Å²) in [6.45, 7) is 2.21. The highest BCUT2D eigenvalue weighted by atomic mass is 16.5. The Labute approximate surface area is 350 Å². The lowest BCUT2D eigenvalue weighted by molar-refractivity contribution is 0.253. The average Bonchev–Trinajstić information content (AvgIpc) is 3.30. The van der Waals surface area contributed by atoms with Crippen LogP contribution in [0.4, 0.5) is 17.1 Å². The average molecular weight is 768 g/mol. The summed E-state index contributed by atoms with van der Waals surface area (Å²) in [4.78, 5) is 2.34. The summed E-state index contributed by atoms with van der Waals surface area (Å²) in [7, 11) is 1.82. The lowest BCUT2D eigenvalue weighted by atomic mass is 9.80. The number of hydrogen-bond acceptors (Lipinski definition) is 2. The number of hydrogen-bond donors (Lipinski definition) is 0. The molecule has 0 saturated heterocycles. The van der Waals surface area contributed by atoms with E-state index in [1.807, 2.05) is 7.11 Å². The molecule has 2 atom stereocenters. The van der Waals surface area contributed by atoms with Crippen molar-refractivity contribution in [3.63, 3.8) is 0 Å². The van der Waals surface area contributed by atoms with Crippen LogP contribution in [0.3, 0.4) is 0 Å². The summed E-state index contributed by atoms with van der Waals surface area (Å²) < 4.78 is 5.72. The molecule has 0 radical (unpaired) electrons. The number of methoxy groups -OCH3 is 1. The van der Waals surface area contributed by atoms with E-state index in [4.69, 9.17) is 4.74 Å². The van der Waals surface area contributed by atoms with Gasteiger partial charge in [-0.2, -0.15) is 0 Å². The number of nitrogens with zero attached hydrogens (tertiary/aromatic N) is 1. The van der Waals surface area contributed by atoms with Crippen LogP contribution >= 0.6 is 0 Å². The molecule has 2 nitrogen and oxygen atoms in total. The summed E-state index contributed by atoms with van der Waals surface area (Å²) in [6, 6.07) is 60.7. The van der Waals surface area contributed by atoms with Crippen LogP contribution in [0, 0.1) is 12.8 Å². The maximum absolute atomic E-state index is 5.72. The monoisotopic (exact) mass is 767 g/mol. The van der Waals surface area contributed by atoms with Crippen molar-refractivity contribution in [1.29, 1.82) is 0 Å². The molecule has 0 saturated carbocycles. The number of aryl methyl sites for hydroxylation is 1. The Morgan fingerprint density at radius 1 is 0.610 bits per heavy atom. The Morgan fingerprint density at radius 2 is 1.27 bits per heavy atom. The van der Waals surface area contributed by atoms with Gasteiger partial charge in [0.05, 0.1) is 12.9 Å². The molecule has 9 rings (SSSR count). The third-order valence-electron chi connectivity index (χ3n) is 12.3. The van der Waals surface area contributed by atoms with Gasteiger partial charge in [-0.05, 0) is 167 Å². The van der Waals surface area contributed by atoms with Crippen LogP contribution in [0.1, 0.15) is 66.7 Å². The van der Waals surface area contributed by atoms with Gasteiger partial charge in [0.2, 0.25) is 0 Å². The van der Waals surface area contributed by atoms with Crippen molar-refractivity contribution in [3.05, 3.63) is 216 Å². The molecule has 2 heteroatoms. The highest BCUT2D eigenvalue weighted by molar-refractivity contribution is 5.89. The topological polar surface area (TPSA) is 12.5 Å². The van der Waals surface area contributed by atoms with Crippen molar-refractivity contribution in [2.24, 2.45) is 5.92 Å². The molecule has 0 spiro atoms. The standard InChI is InChI=1S/C57H53NO/c1-41-34-51(39-52(35-41)49-28-31-55(32-29-49)58(54-17-7-4-8-18-54)56-33-30-45-15-9-10-16-50(45)40-56)47-22-20-42(21-23-47)36-53(37-43-12-11-19-57(38-43)59-2)48-26-24-46(25-27-48)44-13-5-3-6-14-44/h4-5,7-10,13-18,20-35,38-40,43,53H,3,6,11-12,19,36-37H2,1-2H3. The van der Waals surface area contributed by atoms with Gasteiger partial charge in [0, 0.05) is 23.5 Å². The molecule has 2 unspecified atom stereocenters. The van der Waals surface area contributed by atoms with Gasteiger partial charge in [-0.25, -0.2) is 0 Å². The predicted octanol–water partition coefficient (Wildman–Crippen LogP) is 15.7. The number of anilines is 3. The van der Waals surface area contributed by atoms with E-state index in [0.29, 0.717) is 11.8 Å². The van der Waals surface area contributed by atoms with Crippen molar-refractivity contribution in [3.8, 4) is 22.3 Å². The van der Waals surface area contributed by atoms with Gasteiger partial charge >= 0.3 is 0 Å². The molecule has 2 aliphatic rings. The lowest BCUT2D eigenvalue weighted by Gasteiger charge is -2.26. The maximum atomic E-state index is 5.72. The summed E-state index contributed by atoms with van der Waals surface area (Å²) in [5.74, 6) is 2.11. The van der Waals surface area contributed by atoms with Crippen LogP contribution in [0.5, 0.6) is 0 Å². The smallest absolute Gasteiger partial charge is 0.0918 e. The second-order valence-electron chi connectivity index (χ2n) is 16.4. The number of para-hydroxylation sites is 1. The van der Waals surface area contributed by atoms with Crippen LogP contribution in [0.2, 0.25) is 0 Å². The van der Waals surface area contributed by atoms with Crippen LogP contribution in [-0.2, 0) is 11.2 Å². The van der Waals surface area contributed by atoms with Gasteiger partial charge < -0.3 is 9.64 Å². The number of allylic oxidation sites excluding steroid dienone is 6. The van der Waals surface area contributed by atoms with Crippen LogP contribution in [-0.4, -0.2) is 7.11 Å². The molecule has 292 valence electrons. The molecular weight excluding hydrogens is 715 g/mol. The van der Waals surface area contributed by atoms with Gasteiger partial charge in [-0.15, -0.1) is 0 Å². The highest BCUT2D eigenvalue weighted by Gasteiger charge is 2.22. The quantitative estimate of drug-likeness (QED) is 0.123. The minimum absolute atomic E-state index is 0.427. The van der Waals surface area contributed by atoms with E-state index in [2.05, 4.69) is 200 Å². The van der Waals surface area contributed by atoms with Gasteiger partial charge in [-0.3, -0.25) is 0 Å². The Morgan fingerprint density at radius 3 is 1.98 bits per heavy atom. The minimum atomic E-state index is 0.427. The predicted molar refractivity (Wildman–Crippen MR) is 251 cm³/mol. The normalized spacial score (nSPS) is 15.7. The van der Waals surface area contributed by atoms with E-state index in [0.717, 1.165) is 54.9 Å². The minimum Gasteiger partial charge on any atom is -0.501 e. The molecule has 7 aromatic carbocycles. The molecule has 0 amide bonds. The zero-order valence-corrected chi connectivity index (χ0v) is 34.4. The Balaban J connectivity index is 0.959. The molecule has 0 fully saturated rings. The molecule has 0 bridgehead atoms. The van der Waals surface area contributed by atoms with Gasteiger partial charge in [0.15, 0.2) is 0 Å². The van der Waals surface area contributed by atoms with Crippen LogP contribution in [0.15, 0.2) is 194 Å². The van der Waals surface area contributed by atoms with E-state index in [9.17, 15) is 0 Å². The molecule has 0 heterocycles. The third-order valence-corrected chi connectivity index (χ3v) is 12.3. The largest absolute Gasteiger partial charge is 0.501 e. The Kier molecular flexibility index (Phi) is 11.4. The van der Waals surface area contributed by atoms with E-state index >= 15 is 0 Å². The lowest BCUT2D eigenvalue weighted by Crippen LogP contribution is -2.13. The number of ether oxygens (including phenoxy) is 1. The van der Waals surface area contributed by atoms with Crippen molar-refractivity contribution >= 4 is 33.4 Å². The van der Waals surface area contributed by atoms with E-state index in [1.165, 1.54) is 73.7 Å². The first-order valence-corrected chi connectivity index (χ1v) is 21.4. The zero-order valence-electron chi connectivity index (χ0n) is 34.4. The van der Waals surface area contributed by atoms with Crippen molar-refractivity contribution in [2.45, 2.75) is 57.8 Å². The van der Waals surface area contributed by atoms with Crippen LogP contribution < -0.4 is 4.90 Å². The first-order chi connectivity index (χ1) is 29.1. The summed E-state index contributed by atoms with van der Waals surface area (Å²) >= 11 is 0. The van der Waals surface area contributed by atoms with E-state index < -0.39 is 0 Å². The third kappa shape index (κ3) is 8.88. The SMILES string of the molecule is COC1=CC(CC(Cc2ccc(-c3cc(C)cc(-c4ccc(N(c5ccccc5)c5ccc6ccccc6c5)cc4)c3)cc2)c2ccc(C3=CCCC=C3)cc2)CCC1.